The number of nitrogens with one attached hydrogen (secondary N) is 1. The maximum atomic E-state index is 5.57. The first kappa shape index (κ1) is 13.1. The lowest BCUT2D eigenvalue weighted by Gasteiger charge is -2.08. The molecule has 0 radical (unpaired) electrons. The van der Waals surface area contributed by atoms with E-state index in [1.165, 1.54) is 0 Å². The van der Waals surface area contributed by atoms with Crippen LogP contribution in [-0.2, 0) is 6.54 Å². The van der Waals surface area contributed by atoms with Crippen LogP contribution in [0.15, 0.2) is 37.9 Å². The van der Waals surface area contributed by atoms with E-state index in [1.807, 2.05) is 42.8 Å². The summed E-state index contributed by atoms with van der Waals surface area (Å²) in [5.41, 5.74) is 0.962. The van der Waals surface area contributed by atoms with Gasteiger partial charge >= 0.3 is 0 Å². The van der Waals surface area contributed by atoms with E-state index in [9.17, 15) is 0 Å². The third-order valence-corrected chi connectivity index (χ3v) is 3.67. The smallest absolute Gasteiger partial charge is 0.258 e. The average Bonchev–Trinajstić information content (AvgIpc) is 3.16. The minimum Gasteiger partial charge on any atom is -0.465 e. The van der Waals surface area contributed by atoms with Crippen molar-refractivity contribution in [1.29, 1.82) is 0 Å². The highest BCUT2D eigenvalue weighted by molar-refractivity contribution is 7.08. The first-order valence-corrected chi connectivity index (χ1v) is 7.31. The van der Waals surface area contributed by atoms with Crippen LogP contribution < -0.4 is 5.32 Å². The summed E-state index contributed by atoms with van der Waals surface area (Å²) in [5, 5.41) is 11.2. The predicted molar refractivity (Wildman–Crippen MR) is 76.3 cm³/mol. The molecule has 1 atom stereocenters. The molecule has 0 unspecified atom stereocenters. The van der Waals surface area contributed by atoms with Crippen molar-refractivity contribution in [2.24, 2.45) is 0 Å². The third-order valence-electron chi connectivity index (χ3n) is 2.99. The molecule has 5 nitrogen and oxygen atoms in total. The molecule has 3 aromatic rings. The van der Waals surface area contributed by atoms with Crippen LogP contribution in [0.5, 0.6) is 0 Å². The van der Waals surface area contributed by atoms with Gasteiger partial charge in [0.15, 0.2) is 5.82 Å². The van der Waals surface area contributed by atoms with Crippen molar-refractivity contribution in [3.63, 3.8) is 0 Å². The summed E-state index contributed by atoms with van der Waals surface area (Å²) < 4.78 is 10.8. The Hall–Kier alpha value is -1.92. The molecule has 104 valence electrons. The van der Waals surface area contributed by atoms with Crippen molar-refractivity contribution < 1.29 is 8.94 Å². The second kappa shape index (κ2) is 5.60. The third kappa shape index (κ3) is 2.81. The van der Waals surface area contributed by atoms with E-state index in [1.54, 1.807) is 11.3 Å². The number of aryl methyl sites for hydroxylation is 1. The standard InChI is InChI=1S/C14H15N3O2S/c1-9-3-4-12(18-9)10(2)15-7-13-16-14(19-17-13)11-5-6-20-8-11/h3-6,8,10,15H,7H2,1-2H3/t10-/m0/s1. The molecule has 0 fully saturated rings. The molecule has 0 amide bonds. The van der Waals surface area contributed by atoms with E-state index in [2.05, 4.69) is 15.5 Å². The number of aromatic nitrogens is 2. The van der Waals surface area contributed by atoms with Crippen molar-refractivity contribution >= 4 is 11.3 Å². The molecule has 3 heterocycles. The molecular formula is C14H15N3O2S. The summed E-state index contributed by atoms with van der Waals surface area (Å²) in [6.45, 7) is 4.51. The first-order valence-electron chi connectivity index (χ1n) is 6.37. The van der Waals surface area contributed by atoms with E-state index >= 15 is 0 Å². The van der Waals surface area contributed by atoms with E-state index < -0.39 is 0 Å². The van der Waals surface area contributed by atoms with Gasteiger partial charge in [-0.25, -0.2) is 0 Å². The van der Waals surface area contributed by atoms with Gasteiger partial charge in [0, 0.05) is 5.38 Å². The van der Waals surface area contributed by atoms with Crippen LogP contribution in [0.1, 0.15) is 30.3 Å². The molecule has 0 bridgehead atoms. The van der Waals surface area contributed by atoms with Gasteiger partial charge in [0.2, 0.25) is 0 Å². The van der Waals surface area contributed by atoms with Crippen LogP contribution in [-0.4, -0.2) is 10.1 Å². The van der Waals surface area contributed by atoms with Gasteiger partial charge < -0.3 is 14.3 Å². The van der Waals surface area contributed by atoms with Gasteiger partial charge in [-0.3, -0.25) is 0 Å². The summed E-state index contributed by atoms with van der Waals surface area (Å²) in [6.07, 6.45) is 0. The van der Waals surface area contributed by atoms with Crippen molar-refractivity contribution in [3.8, 4) is 11.5 Å². The molecule has 1 N–H and O–H groups in total. The Labute approximate surface area is 120 Å². The van der Waals surface area contributed by atoms with Crippen molar-refractivity contribution in [3.05, 3.63) is 46.3 Å². The Kier molecular flexibility index (Phi) is 3.66. The Morgan fingerprint density at radius 1 is 1.35 bits per heavy atom. The SMILES string of the molecule is Cc1ccc([C@H](C)NCc2noc(-c3ccsc3)n2)o1. The van der Waals surface area contributed by atoms with Crippen molar-refractivity contribution in [1.82, 2.24) is 15.5 Å². The summed E-state index contributed by atoms with van der Waals surface area (Å²) >= 11 is 1.61. The summed E-state index contributed by atoms with van der Waals surface area (Å²) in [5.74, 6) is 3.02. The molecule has 0 aliphatic heterocycles. The Morgan fingerprint density at radius 2 is 2.25 bits per heavy atom. The molecule has 0 saturated heterocycles. The Balaban J connectivity index is 1.61. The highest BCUT2D eigenvalue weighted by Crippen LogP contribution is 2.20. The molecule has 0 saturated carbocycles. The average molecular weight is 289 g/mol. The fraction of sp³-hybridized carbons (Fsp3) is 0.286. The first-order chi connectivity index (χ1) is 9.72. The number of thiophene rings is 1. The number of hydrogen-bond acceptors (Lipinski definition) is 6. The van der Waals surface area contributed by atoms with Gasteiger partial charge in [0.25, 0.3) is 5.89 Å². The second-order valence-electron chi connectivity index (χ2n) is 4.58. The minimum atomic E-state index is 0.104. The molecular weight excluding hydrogens is 274 g/mol. The maximum Gasteiger partial charge on any atom is 0.258 e. The van der Waals surface area contributed by atoms with E-state index in [4.69, 9.17) is 8.94 Å². The number of rotatable bonds is 5. The number of furan rings is 1. The van der Waals surface area contributed by atoms with Crippen LogP contribution in [0.25, 0.3) is 11.5 Å². The monoisotopic (exact) mass is 289 g/mol. The van der Waals surface area contributed by atoms with Gasteiger partial charge in [0.05, 0.1) is 18.2 Å². The molecule has 0 aromatic carbocycles. The van der Waals surface area contributed by atoms with Crippen LogP contribution in [0.3, 0.4) is 0 Å². The lowest BCUT2D eigenvalue weighted by atomic mass is 10.2. The minimum absolute atomic E-state index is 0.104. The molecule has 0 aliphatic rings. The highest BCUT2D eigenvalue weighted by Gasteiger charge is 2.12. The van der Waals surface area contributed by atoms with Crippen molar-refractivity contribution in [2.45, 2.75) is 26.4 Å². The zero-order valence-electron chi connectivity index (χ0n) is 11.3. The quantitative estimate of drug-likeness (QED) is 0.778. The molecule has 0 spiro atoms. The summed E-state index contributed by atoms with van der Waals surface area (Å²) in [6, 6.07) is 5.99. The zero-order valence-corrected chi connectivity index (χ0v) is 12.1. The topological polar surface area (TPSA) is 64.1 Å². The van der Waals surface area contributed by atoms with E-state index in [0.717, 1.165) is 17.1 Å². The normalized spacial score (nSPS) is 12.7. The summed E-state index contributed by atoms with van der Waals surface area (Å²) in [7, 11) is 0. The second-order valence-corrected chi connectivity index (χ2v) is 5.36. The molecule has 6 heteroatoms. The summed E-state index contributed by atoms with van der Waals surface area (Å²) in [4.78, 5) is 4.36. The number of hydrogen-bond donors (Lipinski definition) is 1. The Morgan fingerprint density at radius 3 is 2.95 bits per heavy atom. The van der Waals surface area contributed by atoms with Gasteiger partial charge in [-0.05, 0) is 37.4 Å². The lowest BCUT2D eigenvalue weighted by molar-refractivity contribution is 0.397. The lowest BCUT2D eigenvalue weighted by Crippen LogP contribution is -2.18. The molecule has 3 aromatic heterocycles. The van der Waals surface area contributed by atoms with E-state index in [-0.39, 0.29) is 6.04 Å². The van der Waals surface area contributed by atoms with Crippen LogP contribution in [0.2, 0.25) is 0 Å². The van der Waals surface area contributed by atoms with Gasteiger partial charge in [-0.15, -0.1) is 0 Å². The van der Waals surface area contributed by atoms with Gasteiger partial charge in [-0.2, -0.15) is 16.3 Å². The maximum absolute atomic E-state index is 5.57. The number of nitrogens with zero attached hydrogens (tertiary/aromatic N) is 2. The zero-order chi connectivity index (χ0) is 13.9. The Bertz CT molecular complexity index is 672. The molecule has 3 rings (SSSR count). The molecule has 20 heavy (non-hydrogen) atoms. The molecule has 0 aliphatic carbocycles. The predicted octanol–water partition coefficient (Wildman–Crippen LogP) is 3.55. The van der Waals surface area contributed by atoms with Gasteiger partial charge in [0.1, 0.15) is 11.5 Å². The van der Waals surface area contributed by atoms with Crippen LogP contribution in [0.4, 0.5) is 0 Å². The largest absolute Gasteiger partial charge is 0.465 e. The highest BCUT2D eigenvalue weighted by atomic mass is 32.1. The van der Waals surface area contributed by atoms with E-state index in [0.29, 0.717) is 18.3 Å². The van der Waals surface area contributed by atoms with Crippen LogP contribution in [0, 0.1) is 6.92 Å². The van der Waals surface area contributed by atoms with Gasteiger partial charge in [-0.1, -0.05) is 5.16 Å². The van der Waals surface area contributed by atoms with Crippen LogP contribution >= 0.6 is 11.3 Å². The fourth-order valence-corrected chi connectivity index (χ4v) is 2.49. The fourth-order valence-electron chi connectivity index (χ4n) is 1.86. The van der Waals surface area contributed by atoms with Crippen molar-refractivity contribution in [2.75, 3.05) is 0 Å².